The minimum absolute atomic E-state index is 0.364. The molecule has 0 aliphatic rings. The lowest BCUT2D eigenvalue weighted by Gasteiger charge is -2.17. The fourth-order valence-corrected chi connectivity index (χ4v) is 4.55. The first-order valence-electron chi connectivity index (χ1n) is 10.9. The van der Waals surface area contributed by atoms with Gasteiger partial charge in [-0.05, 0) is 82.6 Å². The van der Waals surface area contributed by atoms with Crippen molar-refractivity contribution in [3.8, 4) is 28.6 Å². The first-order valence-corrected chi connectivity index (χ1v) is 12.4. The summed E-state index contributed by atoms with van der Waals surface area (Å²) in [5, 5.41) is 7.90. The van der Waals surface area contributed by atoms with Crippen LogP contribution in [-0.2, 0) is 13.2 Å². The molecule has 0 unspecified atom stereocenters. The molecule has 2 N–H and O–H groups in total. The maximum atomic E-state index is 6.10. The lowest BCUT2D eigenvalue weighted by atomic mass is 10.2. The Hall–Kier alpha value is -3.01. The van der Waals surface area contributed by atoms with Gasteiger partial charge in [0.05, 0.1) is 30.3 Å². The summed E-state index contributed by atoms with van der Waals surface area (Å²) in [5.74, 6) is 2.59. The topological polar surface area (TPSA) is 73.3 Å². The van der Waals surface area contributed by atoms with Gasteiger partial charge in [-0.1, -0.05) is 35.9 Å². The van der Waals surface area contributed by atoms with E-state index in [2.05, 4.69) is 31.6 Å². The Bertz CT molecular complexity index is 1380. The van der Waals surface area contributed by atoms with Crippen molar-refractivity contribution in [1.29, 1.82) is 0 Å². The van der Waals surface area contributed by atoms with Gasteiger partial charge in [0.2, 0.25) is 4.77 Å². The van der Waals surface area contributed by atoms with Crippen molar-refractivity contribution in [1.82, 2.24) is 14.9 Å². The van der Waals surface area contributed by atoms with Crippen molar-refractivity contribution in [2.75, 3.05) is 19.1 Å². The van der Waals surface area contributed by atoms with Gasteiger partial charge in [-0.3, -0.25) is 0 Å². The largest absolute Gasteiger partial charge is 0.496 e. The number of ether oxygens (including phenoxy) is 3. The summed E-state index contributed by atoms with van der Waals surface area (Å²) in [6, 6.07) is 19.1. The number of nitrogens with zero attached hydrogens (tertiary/aromatic N) is 2. The highest BCUT2D eigenvalue weighted by Crippen LogP contribution is 2.38. The fourth-order valence-electron chi connectivity index (χ4n) is 3.53. The minimum atomic E-state index is 0.364. The van der Waals surface area contributed by atoms with Crippen molar-refractivity contribution in [2.24, 2.45) is 0 Å². The maximum absolute atomic E-state index is 6.10. The molecule has 0 bridgehead atoms. The molecule has 0 aliphatic carbocycles. The third-order valence-corrected chi connectivity index (χ3v) is 6.20. The van der Waals surface area contributed by atoms with Gasteiger partial charge in [0.15, 0.2) is 17.3 Å². The third kappa shape index (κ3) is 5.98. The van der Waals surface area contributed by atoms with E-state index < -0.39 is 0 Å². The number of halogens is 2. The number of H-pyrrole nitrogens is 1. The molecule has 0 amide bonds. The number of methoxy groups -OCH3 is 1. The Morgan fingerprint density at radius 1 is 1.06 bits per heavy atom. The molecule has 0 fully saturated rings. The van der Waals surface area contributed by atoms with Crippen LogP contribution in [0.2, 0.25) is 5.02 Å². The monoisotopic (exact) mass is 574 g/mol. The van der Waals surface area contributed by atoms with Crippen LogP contribution in [-0.4, -0.2) is 28.6 Å². The van der Waals surface area contributed by atoms with Crippen LogP contribution in [0, 0.1) is 4.77 Å². The average Bonchev–Trinajstić information content (AvgIpc) is 3.22. The second-order valence-electron chi connectivity index (χ2n) is 7.48. The number of benzene rings is 3. The SMILES string of the molecule is CCOc1cc(CNn2c(-c3ccccc3OC)n[nH]c2=S)cc(Br)c1OCc1cccc(Cl)c1. The van der Waals surface area contributed by atoms with Crippen molar-refractivity contribution < 1.29 is 14.2 Å². The summed E-state index contributed by atoms with van der Waals surface area (Å²) in [6.45, 7) is 3.26. The van der Waals surface area contributed by atoms with Crippen LogP contribution in [0.3, 0.4) is 0 Å². The Morgan fingerprint density at radius 3 is 2.66 bits per heavy atom. The molecule has 0 saturated heterocycles. The molecule has 7 nitrogen and oxygen atoms in total. The number of hydrogen-bond acceptors (Lipinski definition) is 6. The molecule has 0 spiro atoms. The summed E-state index contributed by atoms with van der Waals surface area (Å²) < 4.78 is 20.4. The zero-order valence-corrected chi connectivity index (χ0v) is 22.3. The molecule has 3 aromatic carbocycles. The van der Waals surface area contributed by atoms with E-state index in [0.717, 1.165) is 21.2 Å². The van der Waals surface area contributed by atoms with Crippen LogP contribution in [0.1, 0.15) is 18.1 Å². The van der Waals surface area contributed by atoms with E-state index in [1.807, 2.05) is 67.6 Å². The molecule has 4 aromatic rings. The van der Waals surface area contributed by atoms with Crippen LogP contribution in [0.15, 0.2) is 65.1 Å². The van der Waals surface area contributed by atoms with Crippen LogP contribution in [0.4, 0.5) is 0 Å². The Morgan fingerprint density at radius 2 is 1.89 bits per heavy atom. The zero-order chi connectivity index (χ0) is 24.8. The molecular weight excluding hydrogens is 552 g/mol. The molecule has 1 heterocycles. The van der Waals surface area contributed by atoms with E-state index in [1.54, 1.807) is 11.8 Å². The van der Waals surface area contributed by atoms with E-state index in [0.29, 0.717) is 52.6 Å². The summed E-state index contributed by atoms with van der Waals surface area (Å²) in [7, 11) is 1.63. The van der Waals surface area contributed by atoms with E-state index >= 15 is 0 Å². The number of aromatic nitrogens is 3. The highest BCUT2D eigenvalue weighted by Gasteiger charge is 2.16. The Kier molecular flexibility index (Phi) is 8.33. The molecule has 0 aliphatic heterocycles. The summed E-state index contributed by atoms with van der Waals surface area (Å²) in [4.78, 5) is 0. The van der Waals surface area contributed by atoms with E-state index in [-0.39, 0.29) is 0 Å². The van der Waals surface area contributed by atoms with E-state index in [9.17, 15) is 0 Å². The molecule has 0 atom stereocenters. The van der Waals surface area contributed by atoms with Crippen molar-refractivity contribution in [3.63, 3.8) is 0 Å². The number of rotatable bonds is 10. The predicted molar refractivity (Wildman–Crippen MR) is 144 cm³/mol. The molecule has 10 heteroatoms. The quantitative estimate of drug-likeness (QED) is 0.204. The van der Waals surface area contributed by atoms with Gasteiger partial charge in [0, 0.05) is 5.02 Å². The minimum Gasteiger partial charge on any atom is -0.496 e. The second kappa shape index (κ2) is 11.6. The Balaban J connectivity index is 1.56. The van der Waals surface area contributed by atoms with Gasteiger partial charge in [-0.2, -0.15) is 5.10 Å². The molecule has 35 heavy (non-hydrogen) atoms. The van der Waals surface area contributed by atoms with Crippen LogP contribution >= 0.6 is 39.7 Å². The molecule has 182 valence electrons. The van der Waals surface area contributed by atoms with Gasteiger partial charge < -0.3 is 19.6 Å². The van der Waals surface area contributed by atoms with E-state index in [4.69, 9.17) is 38.0 Å². The standard InChI is InChI=1S/C25H24BrClN4O3S/c1-3-33-22-13-17(12-20(26)23(22)34-15-16-7-6-8-18(27)11-16)14-28-31-24(29-30-25(31)35)19-9-4-5-10-21(19)32-2/h4-13,28H,3,14-15H2,1-2H3,(H,30,35). The van der Waals surface area contributed by atoms with Crippen molar-refractivity contribution in [3.05, 3.63) is 86.1 Å². The first-order chi connectivity index (χ1) is 17.0. The summed E-state index contributed by atoms with van der Waals surface area (Å²) in [5.41, 5.74) is 6.09. The smallest absolute Gasteiger partial charge is 0.214 e. The van der Waals surface area contributed by atoms with E-state index in [1.165, 1.54) is 0 Å². The lowest BCUT2D eigenvalue weighted by Crippen LogP contribution is -2.16. The second-order valence-corrected chi connectivity index (χ2v) is 9.16. The van der Waals surface area contributed by atoms with Gasteiger partial charge >= 0.3 is 0 Å². The molecule has 0 saturated carbocycles. The van der Waals surface area contributed by atoms with Gasteiger partial charge in [0.25, 0.3) is 0 Å². The predicted octanol–water partition coefficient (Wildman–Crippen LogP) is 6.75. The van der Waals surface area contributed by atoms with Crippen molar-refractivity contribution >= 4 is 39.7 Å². The molecule has 0 radical (unpaired) electrons. The lowest BCUT2D eigenvalue weighted by molar-refractivity contribution is 0.267. The summed E-state index contributed by atoms with van der Waals surface area (Å²) >= 11 is 15.2. The van der Waals surface area contributed by atoms with Gasteiger partial charge in [0.1, 0.15) is 12.4 Å². The molecule has 4 rings (SSSR count). The maximum Gasteiger partial charge on any atom is 0.214 e. The number of para-hydroxylation sites is 1. The van der Waals surface area contributed by atoms with Crippen LogP contribution < -0.4 is 19.6 Å². The van der Waals surface area contributed by atoms with Gasteiger partial charge in [-0.25, -0.2) is 9.77 Å². The highest BCUT2D eigenvalue weighted by atomic mass is 79.9. The normalized spacial score (nSPS) is 10.7. The zero-order valence-electron chi connectivity index (χ0n) is 19.2. The highest BCUT2D eigenvalue weighted by molar-refractivity contribution is 9.10. The number of hydrogen-bond donors (Lipinski definition) is 2. The summed E-state index contributed by atoms with van der Waals surface area (Å²) in [6.07, 6.45) is 0. The number of aromatic amines is 1. The Labute approximate surface area is 222 Å². The van der Waals surface area contributed by atoms with Crippen molar-refractivity contribution in [2.45, 2.75) is 20.1 Å². The third-order valence-electron chi connectivity index (χ3n) is 5.10. The molecular formula is C25H24BrClN4O3S. The average molecular weight is 576 g/mol. The number of nitrogens with one attached hydrogen (secondary N) is 2. The fraction of sp³-hybridized carbons (Fsp3) is 0.200. The van der Waals surface area contributed by atoms with Gasteiger partial charge in [-0.15, -0.1) is 0 Å². The van der Waals surface area contributed by atoms with Crippen LogP contribution in [0.5, 0.6) is 17.2 Å². The molecule has 1 aromatic heterocycles. The first kappa shape index (κ1) is 25.1. The van der Waals surface area contributed by atoms with Crippen LogP contribution in [0.25, 0.3) is 11.4 Å².